The maximum atomic E-state index is 5.59. The number of benzene rings is 1. The van der Waals surface area contributed by atoms with E-state index in [-0.39, 0.29) is 0 Å². The molecular formula is C14H20N2OS. The van der Waals surface area contributed by atoms with E-state index in [4.69, 9.17) is 22.7 Å². The zero-order chi connectivity index (χ0) is 13.0. The smallest absolute Gasteiger partial charge is 0.103 e. The van der Waals surface area contributed by atoms with Crippen LogP contribution in [-0.4, -0.2) is 31.8 Å². The minimum Gasteiger partial charge on any atom is -0.389 e. The maximum Gasteiger partial charge on any atom is 0.103 e. The summed E-state index contributed by atoms with van der Waals surface area (Å²) >= 11 is 4.95. The summed E-state index contributed by atoms with van der Waals surface area (Å²) in [6, 6.07) is 8.09. The van der Waals surface area contributed by atoms with E-state index in [2.05, 4.69) is 24.1 Å². The number of anilines is 1. The van der Waals surface area contributed by atoms with E-state index in [1.807, 2.05) is 12.1 Å². The molecule has 0 radical (unpaired) electrons. The molecule has 2 rings (SSSR count). The largest absolute Gasteiger partial charge is 0.389 e. The van der Waals surface area contributed by atoms with Crippen LogP contribution in [-0.2, 0) is 4.74 Å². The van der Waals surface area contributed by atoms with Crippen molar-refractivity contribution in [2.45, 2.75) is 12.8 Å². The van der Waals surface area contributed by atoms with Gasteiger partial charge < -0.3 is 15.4 Å². The minimum absolute atomic E-state index is 0.449. The van der Waals surface area contributed by atoms with E-state index in [9.17, 15) is 0 Å². The quantitative estimate of drug-likeness (QED) is 0.846. The lowest BCUT2D eigenvalue weighted by Gasteiger charge is -2.28. The Balaban J connectivity index is 1.95. The second kappa shape index (κ2) is 6.16. The molecular weight excluding hydrogens is 244 g/mol. The first kappa shape index (κ1) is 13.3. The monoisotopic (exact) mass is 264 g/mol. The molecule has 1 saturated heterocycles. The second-order valence-electron chi connectivity index (χ2n) is 4.87. The Bertz CT molecular complexity index is 399. The third kappa shape index (κ3) is 3.43. The summed E-state index contributed by atoms with van der Waals surface area (Å²) in [6.07, 6.45) is 2.44. The Kier molecular flexibility index (Phi) is 4.55. The molecule has 1 aromatic carbocycles. The molecule has 98 valence electrons. The molecule has 3 nitrogen and oxygen atoms in total. The van der Waals surface area contributed by atoms with Gasteiger partial charge in [-0.25, -0.2) is 0 Å². The zero-order valence-electron chi connectivity index (χ0n) is 10.8. The Labute approximate surface area is 114 Å². The topological polar surface area (TPSA) is 38.5 Å². The fourth-order valence-electron chi connectivity index (χ4n) is 2.32. The number of nitrogens with zero attached hydrogens (tertiary/aromatic N) is 1. The van der Waals surface area contributed by atoms with Gasteiger partial charge in [0.1, 0.15) is 4.99 Å². The lowest BCUT2D eigenvalue weighted by molar-refractivity contribution is 0.0576. The van der Waals surface area contributed by atoms with Gasteiger partial charge in [-0.3, -0.25) is 0 Å². The van der Waals surface area contributed by atoms with Gasteiger partial charge in [0.15, 0.2) is 0 Å². The number of nitrogens with two attached hydrogens (primary N) is 1. The summed E-state index contributed by atoms with van der Waals surface area (Å²) in [7, 11) is 2.12. The van der Waals surface area contributed by atoms with E-state index in [1.54, 1.807) is 0 Å². The molecule has 0 saturated carbocycles. The molecule has 0 amide bonds. The molecule has 0 bridgehead atoms. The van der Waals surface area contributed by atoms with E-state index < -0.39 is 0 Å². The van der Waals surface area contributed by atoms with Gasteiger partial charge in [0.05, 0.1) is 6.61 Å². The molecule has 1 fully saturated rings. The molecule has 18 heavy (non-hydrogen) atoms. The lowest BCUT2D eigenvalue weighted by atomic mass is 10.0. The van der Waals surface area contributed by atoms with E-state index in [0.717, 1.165) is 25.3 Å². The van der Waals surface area contributed by atoms with Crippen molar-refractivity contribution in [3.8, 4) is 0 Å². The van der Waals surface area contributed by atoms with Gasteiger partial charge in [0.25, 0.3) is 0 Å². The highest BCUT2D eigenvalue weighted by atomic mass is 32.1. The van der Waals surface area contributed by atoms with Crippen LogP contribution in [0.2, 0.25) is 0 Å². The molecule has 1 atom stereocenters. The molecule has 1 aliphatic rings. The number of rotatable bonds is 4. The number of hydrogen-bond donors (Lipinski definition) is 1. The van der Waals surface area contributed by atoms with Crippen LogP contribution in [0.1, 0.15) is 18.4 Å². The van der Waals surface area contributed by atoms with Crippen LogP contribution in [0.15, 0.2) is 24.3 Å². The third-order valence-electron chi connectivity index (χ3n) is 3.38. The molecule has 0 aliphatic carbocycles. The van der Waals surface area contributed by atoms with Gasteiger partial charge in [0.2, 0.25) is 0 Å². The third-order valence-corrected chi connectivity index (χ3v) is 3.61. The van der Waals surface area contributed by atoms with Crippen LogP contribution in [0.5, 0.6) is 0 Å². The highest BCUT2D eigenvalue weighted by Crippen LogP contribution is 2.19. The highest BCUT2D eigenvalue weighted by Gasteiger charge is 2.16. The molecule has 2 N–H and O–H groups in total. The average molecular weight is 264 g/mol. The van der Waals surface area contributed by atoms with Gasteiger partial charge >= 0.3 is 0 Å². The van der Waals surface area contributed by atoms with Crippen molar-refractivity contribution in [1.29, 1.82) is 0 Å². The first-order valence-electron chi connectivity index (χ1n) is 6.35. The second-order valence-corrected chi connectivity index (χ2v) is 5.31. The zero-order valence-corrected chi connectivity index (χ0v) is 11.6. The van der Waals surface area contributed by atoms with E-state index >= 15 is 0 Å². The molecule has 4 heteroatoms. The van der Waals surface area contributed by atoms with Crippen LogP contribution in [0.25, 0.3) is 0 Å². The van der Waals surface area contributed by atoms with Crippen LogP contribution in [0, 0.1) is 5.92 Å². The molecule has 1 aliphatic heterocycles. The molecule has 1 heterocycles. The van der Waals surface area contributed by atoms with Gasteiger partial charge in [0, 0.05) is 31.5 Å². The predicted octanol–water partition coefficient (Wildman–Crippen LogP) is 2.18. The maximum absolute atomic E-state index is 5.59. The molecule has 0 spiro atoms. The van der Waals surface area contributed by atoms with Crippen molar-refractivity contribution in [2.75, 3.05) is 31.7 Å². The molecule has 0 aromatic heterocycles. The SMILES string of the molecule is CN(CC1CCCOC1)c1ccc(C(N)=S)cc1. The summed E-state index contributed by atoms with van der Waals surface area (Å²) in [5.41, 5.74) is 7.71. The van der Waals surface area contributed by atoms with Gasteiger partial charge in [-0.05, 0) is 43.0 Å². The van der Waals surface area contributed by atoms with Crippen molar-refractivity contribution in [3.05, 3.63) is 29.8 Å². The van der Waals surface area contributed by atoms with Crippen LogP contribution < -0.4 is 10.6 Å². The van der Waals surface area contributed by atoms with Crippen molar-refractivity contribution >= 4 is 22.9 Å². The Morgan fingerprint density at radius 3 is 2.72 bits per heavy atom. The van der Waals surface area contributed by atoms with Gasteiger partial charge in [-0.1, -0.05) is 12.2 Å². The summed E-state index contributed by atoms with van der Waals surface area (Å²) in [4.78, 5) is 2.72. The van der Waals surface area contributed by atoms with Crippen LogP contribution in [0.3, 0.4) is 0 Å². The van der Waals surface area contributed by atoms with E-state index in [0.29, 0.717) is 10.9 Å². The predicted molar refractivity (Wildman–Crippen MR) is 79.1 cm³/mol. The lowest BCUT2D eigenvalue weighted by Crippen LogP contribution is -2.30. The Morgan fingerprint density at radius 2 is 2.17 bits per heavy atom. The summed E-state index contributed by atoms with van der Waals surface area (Å²) in [6.45, 7) is 2.84. The number of hydrogen-bond acceptors (Lipinski definition) is 3. The summed E-state index contributed by atoms with van der Waals surface area (Å²) in [5, 5.41) is 0. The Morgan fingerprint density at radius 1 is 1.44 bits per heavy atom. The highest BCUT2D eigenvalue weighted by molar-refractivity contribution is 7.80. The summed E-state index contributed by atoms with van der Waals surface area (Å²) in [5.74, 6) is 0.638. The summed E-state index contributed by atoms with van der Waals surface area (Å²) < 4.78 is 5.51. The number of ether oxygens (including phenoxy) is 1. The van der Waals surface area contributed by atoms with Gasteiger partial charge in [-0.15, -0.1) is 0 Å². The van der Waals surface area contributed by atoms with Gasteiger partial charge in [-0.2, -0.15) is 0 Å². The fourth-order valence-corrected chi connectivity index (χ4v) is 2.46. The van der Waals surface area contributed by atoms with Crippen molar-refractivity contribution < 1.29 is 4.74 Å². The molecule has 1 unspecified atom stereocenters. The van der Waals surface area contributed by atoms with Crippen molar-refractivity contribution in [1.82, 2.24) is 0 Å². The van der Waals surface area contributed by atoms with E-state index in [1.165, 1.54) is 18.5 Å². The standard InChI is InChI=1S/C14H20N2OS/c1-16(9-11-3-2-8-17-10-11)13-6-4-12(5-7-13)14(15)18/h4-7,11H,2-3,8-10H2,1H3,(H2,15,18). The normalized spacial score (nSPS) is 19.5. The van der Waals surface area contributed by atoms with Crippen LogP contribution >= 0.6 is 12.2 Å². The average Bonchev–Trinajstić information content (AvgIpc) is 2.40. The van der Waals surface area contributed by atoms with Crippen LogP contribution in [0.4, 0.5) is 5.69 Å². The minimum atomic E-state index is 0.449. The van der Waals surface area contributed by atoms with Crippen molar-refractivity contribution in [2.24, 2.45) is 11.7 Å². The van der Waals surface area contributed by atoms with Crippen molar-refractivity contribution in [3.63, 3.8) is 0 Å². The first-order chi connectivity index (χ1) is 8.66. The first-order valence-corrected chi connectivity index (χ1v) is 6.76. The Hall–Kier alpha value is -1.13. The fraction of sp³-hybridized carbons (Fsp3) is 0.500. The number of thiocarbonyl (C=S) groups is 1. The molecule has 1 aromatic rings.